The Morgan fingerprint density at radius 3 is 2.47 bits per heavy atom. The number of hydrogen-bond donors (Lipinski definition) is 1. The Bertz CT molecular complexity index is 1310. The number of carbonyl (C=O) groups is 1. The lowest BCUT2D eigenvalue weighted by Crippen LogP contribution is -2.23. The predicted octanol–water partition coefficient (Wildman–Crippen LogP) is 6.25. The molecule has 10 heteroatoms. The summed E-state index contributed by atoms with van der Waals surface area (Å²) in [6.07, 6.45) is 0. The standard InChI is InChI=1S/C24H19Cl3N4O3/c1-33-18-9-6-15(7-10-18)23-29-24(28-13-16-4-2-3-5-19(16)26)31(30-23)22(32)14-34-21-11-8-17(25)12-20(21)27/h2-12H,13-14H2,1H3,(H,28,29,30). The molecule has 34 heavy (non-hydrogen) atoms. The summed E-state index contributed by atoms with van der Waals surface area (Å²) < 4.78 is 12.0. The van der Waals surface area contributed by atoms with E-state index in [9.17, 15) is 4.79 Å². The number of anilines is 1. The fourth-order valence-corrected chi connectivity index (χ4v) is 3.74. The lowest BCUT2D eigenvalue weighted by molar-refractivity contribution is 0.0824. The van der Waals surface area contributed by atoms with E-state index in [4.69, 9.17) is 44.3 Å². The molecule has 0 saturated carbocycles. The van der Waals surface area contributed by atoms with Crippen LogP contribution in [0.4, 0.5) is 5.95 Å². The van der Waals surface area contributed by atoms with E-state index >= 15 is 0 Å². The maximum Gasteiger partial charge on any atom is 0.287 e. The third kappa shape index (κ3) is 5.62. The number of halogens is 3. The molecule has 0 spiro atoms. The zero-order chi connectivity index (χ0) is 24.1. The zero-order valence-corrected chi connectivity index (χ0v) is 20.2. The molecule has 1 aromatic heterocycles. The molecule has 0 bridgehead atoms. The zero-order valence-electron chi connectivity index (χ0n) is 18.0. The topological polar surface area (TPSA) is 78.3 Å². The first-order valence-corrected chi connectivity index (χ1v) is 11.3. The lowest BCUT2D eigenvalue weighted by Gasteiger charge is -2.10. The van der Waals surface area contributed by atoms with Gasteiger partial charge in [0.15, 0.2) is 12.4 Å². The van der Waals surface area contributed by atoms with Crippen LogP contribution in [-0.2, 0) is 6.54 Å². The van der Waals surface area contributed by atoms with E-state index in [1.165, 1.54) is 10.7 Å². The molecule has 0 saturated heterocycles. The van der Waals surface area contributed by atoms with Crippen molar-refractivity contribution in [2.45, 2.75) is 6.54 Å². The number of nitrogens with one attached hydrogen (secondary N) is 1. The number of rotatable bonds is 8. The molecule has 174 valence electrons. The molecular formula is C24H19Cl3N4O3. The molecule has 4 rings (SSSR count). The summed E-state index contributed by atoms with van der Waals surface area (Å²) in [6, 6.07) is 19.4. The van der Waals surface area contributed by atoms with Crippen molar-refractivity contribution in [1.82, 2.24) is 14.8 Å². The number of ether oxygens (including phenoxy) is 2. The van der Waals surface area contributed by atoms with Crippen LogP contribution in [-0.4, -0.2) is 34.4 Å². The number of hydrogen-bond acceptors (Lipinski definition) is 6. The van der Waals surface area contributed by atoms with Crippen molar-refractivity contribution in [3.8, 4) is 22.9 Å². The van der Waals surface area contributed by atoms with Gasteiger partial charge in [0.25, 0.3) is 5.91 Å². The first kappa shape index (κ1) is 23.9. The van der Waals surface area contributed by atoms with Gasteiger partial charge < -0.3 is 14.8 Å². The van der Waals surface area contributed by atoms with Crippen molar-refractivity contribution in [2.24, 2.45) is 0 Å². The highest BCUT2D eigenvalue weighted by molar-refractivity contribution is 6.35. The highest BCUT2D eigenvalue weighted by Gasteiger charge is 2.19. The van der Waals surface area contributed by atoms with Crippen molar-refractivity contribution in [2.75, 3.05) is 19.0 Å². The maximum absolute atomic E-state index is 13.0. The second-order valence-corrected chi connectivity index (χ2v) is 8.35. The first-order valence-electron chi connectivity index (χ1n) is 10.1. The normalized spacial score (nSPS) is 10.7. The van der Waals surface area contributed by atoms with E-state index in [1.54, 1.807) is 37.4 Å². The Morgan fingerprint density at radius 1 is 1.00 bits per heavy atom. The molecular weight excluding hydrogens is 499 g/mol. The largest absolute Gasteiger partial charge is 0.497 e. The van der Waals surface area contributed by atoms with E-state index in [-0.39, 0.29) is 12.6 Å². The van der Waals surface area contributed by atoms with Gasteiger partial charge in [-0.15, -0.1) is 5.10 Å². The minimum Gasteiger partial charge on any atom is -0.497 e. The molecule has 0 fully saturated rings. The molecule has 4 aromatic rings. The molecule has 1 heterocycles. The molecule has 0 aliphatic rings. The SMILES string of the molecule is COc1ccc(-c2nc(NCc3ccccc3Cl)n(C(=O)COc3ccc(Cl)cc3Cl)n2)cc1. The Hall–Kier alpha value is -3.26. The molecule has 0 radical (unpaired) electrons. The fourth-order valence-electron chi connectivity index (χ4n) is 3.07. The average Bonchev–Trinajstić information content (AvgIpc) is 3.27. The van der Waals surface area contributed by atoms with Crippen LogP contribution in [0.2, 0.25) is 15.1 Å². The molecule has 1 N–H and O–H groups in total. The van der Waals surface area contributed by atoms with E-state index in [0.717, 1.165) is 11.1 Å². The van der Waals surface area contributed by atoms with Crippen molar-refractivity contribution < 1.29 is 14.3 Å². The van der Waals surface area contributed by atoms with Gasteiger partial charge in [-0.2, -0.15) is 9.67 Å². The summed E-state index contributed by atoms with van der Waals surface area (Å²) in [5, 5.41) is 8.92. The van der Waals surface area contributed by atoms with Crippen LogP contribution in [0.1, 0.15) is 10.4 Å². The van der Waals surface area contributed by atoms with Crippen LogP contribution in [0.15, 0.2) is 66.7 Å². The van der Waals surface area contributed by atoms with Crippen molar-refractivity contribution in [1.29, 1.82) is 0 Å². The number of benzene rings is 3. The summed E-state index contributed by atoms with van der Waals surface area (Å²) in [6.45, 7) is 0.0328. The molecule has 0 aliphatic heterocycles. The van der Waals surface area contributed by atoms with Crippen LogP contribution in [0.25, 0.3) is 11.4 Å². The van der Waals surface area contributed by atoms with E-state index in [2.05, 4.69) is 15.4 Å². The van der Waals surface area contributed by atoms with Gasteiger partial charge in [0.1, 0.15) is 11.5 Å². The van der Waals surface area contributed by atoms with Crippen LogP contribution < -0.4 is 14.8 Å². The highest BCUT2D eigenvalue weighted by atomic mass is 35.5. The smallest absolute Gasteiger partial charge is 0.287 e. The maximum atomic E-state index is 13.0. The van der Waals surface area contributed by atoms with Crippen LogP contribution in [0, 0.1) is 0 Å². The summed E-state index contributed by atoms with van der Waals surface area (Å²) in [5.41, 5.74) is 1.57. The third-order valence-corrected chi connectivity index (χ3v) is 5.73. The van der Waals surface area contributed by atoms with Crippen molar-refractivity contribution in [3.05, 3.63) is 87.4 Å². The monoisotopic (exact) mass is 516 g/mol. The second-order valence-electron chi connectivity index (χ2n) is 7.10. The second kappa shape index (κ2) is 10.8. The van der Waals surface area contributed by atoms with Crippen LogP contribution in [0.5, 0.6) is 11.5 Å². The molecule has 0 amide bonds. The van der Waals surface area contributed by atoms with Gasteiger partial charge in [-0.1, -0.05) is 53.0 Å². The van der Waals surface area contributed by atoms with Gasteiger partial charge in [0.05, 0.1) is 12.1 Å². The van der Waals surface area contributed by atoms with Gasteiger partial charge in [0.2, 0.25) is 5.95 Å². The molecule has 7 nitrogen and oxygen atoms in total. The summed E-state index contributed by atoms with van der Waals surface area (Å²) in [7, 11) is 1.59. The quantitative estimate of drug-likeness (QED) is 0.298. The Labute approximate surface area is 211 Å². The Balaban J connectivity index is 1.59. The fraction of sp³-hybridized carbons (Fsp3) is 0.125. The molecule has 0 aliphatic carbocycles. The Morgan fingerprint density at radius 2 is 1.76 bits per heavy atom. The average molecular weight is 518 g/mol. The van der Waals surface area contributed by atoms with Crippen LogP contribution >= 0.6 is 34.8 Å². The van der Waals surface area contributed by atoms with E-state index < -0.39 is 5.91 Å². The predicted molar refractivity (Wildman–Crippen MR) is 133 cm³/mol. The highest BCUT2D eigenvalue weighted by Crippen LogP contribution is 2.28. The van der Waals surface area contributed by atoms with E-state index in [0.29, 0.717) is 38.9 Å². The van der Waals surface area contributed by atoms with Gasteiger partial charge in [-0.05, 0) is 54.1 Å². The summed E-state index contributed by atoms with van der Waals surface area (Å²) in [5.74, 6) is 1.20. The minimum absolute atomic E-state index is 0.251. The number of carbonyl (C=O) groups excluding carboxylic acids is 1. The number of aromatic nitrogens is 3. The van der Waals surface area contributed by atoms with Crippen molar-refractivity contribution in [3.63, 3.8) is 0 Å². The number of nitrogens with zero attached hydrogens (tertiary/aromatic N) is 3. The van der Waals surface area contributed by atoms with Crippen LogP contribution in [0.3, 0.4) is 0 Å². The van der Waals surface area contributed by atoms with Gasteiger partial charge in [-0.3, -0.25) is 4.79 Å². The van der Waals surface area contributed by atoms with Gasteiger partial charge in [0, 0.05) is 22.2 Å². The summed E-state index contributed by atoms with van der Waals surface area (Å²) in [4.78, 5) is 17.5. The van der Waals surface area contributed by atoms with E-state index in [1.807, 2.05) is 30.3 Å². The number of methoxy groups -OCH3 is 1. The summed E-state index contributed by atoms with van der Waals surface area (Å²) >= 11 is 18.3. The molecule has 3 aromatic carbocycles. The Kier molecular flexibility index (Phi) is 7.57. The van der Waals surface area contributed by atoms with Gasteiger partial charge in [-0.25, -0.2) is 0 Å². The third-order valence-electron chi connectivity index (χ3n) is 4.83. The molecule has 0 unspecified atom stereocenters. The lowest BCUT2D eigenvalue weighted by atomic mass is 10.2. The minimum atomic E-state index is -0.445. The first-order chi connectivity index (χ1) is 16.4. The van der Waals surface area contributed by atoms with Crippen molar-refractivity contribution >= 4 is 46.7 Å². The molecule has 0 atom stereocenters. The van der Waals surface area contributed by atoms with Gasteiger partial charge >= 0.3 is 0 Å².